The third kappa shape index (κ3) is 3.28. The molecule has 27 heavy (non-hydrogen) atoms. The van der Waals surface area contributed by atoms with Gasteiger partial charge in [-0.1, -0.05) is 30.3 Å². The Labute approximate surface area is 158 Å². The molecular formula is C21H25N5O. The Hall–Kier alpha value is -2.86. The van der Waals surface area contributed by atoms with Crippen LogP contribution < -0.4 is 5.73 Å². The van der Waals surface area contributed by atoms with Crippen molar-refractivity contribution in [1.82, 2.24) is 19.2 Å². The Kier molecular flexibility index (Phi) is 4.58. The highest BCUT2D eigenvalue weighted by Gasteiger charge is 2.14. The highest BCUT2D eigenvalue weighted by atomic mass is 16.3. The minimum absolute atomic E-state index is 0.0648. The van der Waals surface area contributed by atoms with E-state index in [9.17, 15) is 0 Å². The van der Waals surface area contributed by atoms with Crippen molar-refractivity contribution < 1.29 is 5.11 Å². The molecule has 0 saturated heterocycles. The van der Waals surface area contributed by atoms with Gasteiger partial charge in [0.05, 0.1) is 22.8 Å². The van der Waals surface area contributed by atoms with Crippen LogP contribution in [0.15, 0.2) is 42.5 Å². The van der Waals surface area contributed by atoms with Gasteiger partial charge in [0, 0.05) is 12.2 Å². The second kappa shape index (κ2) is 7.04. The first-order valence-electron chi connectivity index (χ1n) is 9.36. The van der Waals surface area contributed by atoms with E-state index in [2.05, 4.69) is 52.0 Å². The highest BCUT2D eigenvalue weighted by Crippen LogP contribution is 2.26. The van der Waals surface area contributed by atoms with Crippen molar-refractivity contribution in [3.63, 3.8) is 0 Å². The number of nitrogens with zero attached hydrogens (tertiary/aromatic N) is 4. The highest BCUT2D eigenvalue weighted by molar-refractivity contribution is 5.87. The zero-order chi connectivity index (χ0) is 19.0. The number of hydrogen-bond acceptors (Lipinski definition) is 4. The Morgan fingerprint density at radius 3 is 2.41 bits per heavy atom. The Morgan fingerprint density at radius 1 is 1.07 bits per heavy atom. The number of rotatable bonds is 2. The van der Waals surface area contributed by atoms with Crippen molar-refractivity contribution in [2.24, 2.45) is 0 Å². The molecule has 4 aromatic rings. The first-order valence-corrected chi connectivity index (χ1v) is 9.36. The molecular weight excluding hydrogens is 338 g/mol. The van der Waals surface area contributed by atoms with Gasteiger partial charge in [-0.2, -0.15) is 0 Å². The largest absolute Gasteiger partial charge is 0.396 e. The predicted molar refractivity (Wildman–Crippen MR) is 108 cm³/mol. The van der Waals surface area contributed by atoms with Gasteiger partial charge in [-0.3, -0.25) is 4.40 Å². The number of aromatic nitrogens is 4. The van der Waals surface area contributed by atoms with Gasteiger partial charge < -0.3 is 15.4 Å². The molecule has 1 aliphatic rings. The first-order chi connectivity index (χ1) is 13.0. The molecule has 0 aliphatic heterocycles. The van der Waals surface area contributed by atoms with E-state index in [1.807, 2.05) is 23.5 Å². The van der Waals surface area contributed by atoms with Gasteiger partial charge in [-0.25, -0.2) is 0 Å². The Bertz CT molecular complexity index is 1080. The number of nitrogens with two attached hydrogens (primary N) is 1. The van der Waals surface area contributed by atoms with E-state index in [-0.39, 0.29) is 6.10 Å². The van der Waals surface area contributed by atoms with Crippen molar-refractivity contribution in [3.05, 3.63) is 59.5 Å². The van der Waals surface area contributed by atoms with E-state index in [1.165, 1.54) is 17.7 Å². The molecule has 6 heteroatoms. The lowest BCUT2D eigenvalue weighted by molar-refractivity contribution is 0.0950. The fraction of sp³-hybridized carbons (Fsp3) is 0.333. The maximum atomic E-state index is 8.45. The molecule has 1 saturated carbocycles. The normalized spacial score (nSPS) is 14.2. The zero-order valence-corrected chi connectivity index (χ0v) is 15.8. The monoisotopic (exact) mass is 363 g/mol. The van der Waals surface area contributed by atoms with E-state index >= 15 is 0 Å². The number of aliphatic hydroxyl groups excluding tert-OH is 1. The molecule has 3 aromatic heterocycles. The third-order valence-electron chi connectivity index (χ3n) is 5.20. The van der Waals surface area contributed by atoms with Crippen molar-refractivity contribution in [2.75, 3.05) is 5.73 Å². The third-order valence-corrected chi connectivity index (χ3v) is 5.20. The quantitative estimate of drug-likeness (QED) is 0.571. The molecule has 6 nitrogen and oxygen atoms in total. The van der Waals surface area contributed by atoms with Crippen LogP contribution in [0.4, 0.5) is 5.69 Å². The van der Waals surface area contributed by atoms with Crippen LogP contribution in [-0.4, -0.2) is 30.4 Å². The van der Waals surface area contributed by atoms with E-state index in [1.54, 1.807) is 0 Å². The standard InChI is InChI=1S/C17H17N5.C4H8O/c1-11-8-16-15(21(11)10-13-6-4-3-5-7-13)9-14(18)17-20-19-12(2)22(16)17;5-4-2-1-3-4/h3-9H,10,18H2,1-2H3;4-5H,1-3H2. The molecule has 0 bridgehead atoms. The summed E-state index contributed by atoms with van der Waals surface area (Å²) in [4.78, 5) is 0. The maximum Gasteiger partial charge on any atom is 0.184 e. The van der Waals surface area contributed by atoms with E-state index in [0.29, 0.717) is 5.69 Å². The van der Waals surface area contributed by atoms with Gasteiger partial charge in [0.15, 0.2) is 5.65 Å². The summed E-state index contributed by atoms with van der Waals surface area (Å²) in [5.74, 6) is 0.851. The van der Waals surface area contributed by atoms with Crippen LogP contribution in [0.3, 0.4) is 0 Å². The van der Waals surface area contributed by atoms with Crippen molar-refractivity contribution >= 4 is 22.4 Å². The summed E-state index contributed by atoms with van der Waals surface area (Å²) in [7, 11) is 0. The minimum atomic E-state index is 0.0648. The SMILES string of the molecule is Cc1cc2c(cc(N)c3nnc(C)n32)n1Cc1ccccc1.OC1CCC1. The van der Waals surface area contributed by atoms with Crippen LogP contribution in [0, 0.1) is 13.8 Å². The van der Waals surface area contributed by atoms with Crippen molar-refractivity contribution in [2.45, 2.75) is 45.8 Å². The van der Waals surface area contributed by atoms with Gasteiger partial charge in [-0.05, 0) is 50.8 Å². The van der Waals surface area contributed by atoms with Crippen LogP contribution >= 0.6 is 0 Å². The van der Waals surface area contributed by atoms with Gasteiger partial charge in [0.25, 0.3) is 0 Å². The van der Waals surface area contributed by atoms with Gasteiger partial charge >= 0.3 is 0 Å². The second-order valence-corrected chi connectivity index (χ2v) is 7.22. The smallest absolute Gasteiger partial charge is 0.184 e. The predicted octanol–water partition coefficient (Wildman–Crippen LogP) is 3.46. The van der Waals surface area contributed by atoms with Gasteiger partial charge in [0.1, 0.15) is 5.82 Å². The molecule has 0 atom stereocenters. The number of benzene rings is 1. The maximum absolute atomic E-state index is 8.45. The summed E-state index contributed by atoms with van der Waals surface area (Å²) in [6.07, 6.45) is 3.39. The lowest BCUT2D eigenvalue weighted by Crippen LogP contribution is -2.15. The van der Waals surface area contributed by atoms with Crippen LogP contribution in [0.5, 0.6) is 0 Å². The molecule has 1 aromatic carbocycles. The molecule has 140 valence electrons. The molecule has 5 rings (SSSR count). The Morgan fingerprint density at radius 2 is 1.78 bits per heavy atom. The average Bonchev–Trinajstić information content (AvgIpc) is 3.17. The van der Waals surface area contributed by atoms with E-state index < -0.39 is 0 Å². The summed E-state index contributed by atoms with van der Waals surface area (Å²) < 4.78 is 4.30. The molecule has 3 heterocycles. The summed E-state index contributed by atoms with van der Waals surface area (Å²) in [6.45, 7) is 4.88. The number of aliphatic hydroxyl groups is 1. The zero-order valence-electron chi connectivity index (χ0n) is 15.8. The molecule has 3 N–H and O–H groups in total. The minimum Gasteiger partial charge on any atom is -0.396 e. The van der Waals surface area contributed by atoms with Crippen LogP contribution in [0.25, 0.3) is 16.7 Å². The van der Waals surface area contributed by atoms with Gasteiger partial charge in [-0.15, -0.1) is 10.2 Å². The molecule has 1 fully saturated rings. The number of aryl methyl sites for hydroxylation is 2. The summed E-state index contributed by atoms with van der Waals surface area (Å²) in [6, 6.07) is 14.6. The van der Waals surface area contributed by atoms with Crippen molar-refractivity contribution in [3.8, 4) is 0 Å². The van der Waals surface area contributed by atoms with Crippen LogP contribution in [0.1, 0.15) is 36.3 Å². The summed E-state index contributed by atoms with van der Waals surface area (Å²) in [5.41, 5.74) is 12.2. The lowest BCUT2D eigenvalue weighted by Gasteiger charge is -2.17. The number of anilines is 1. The number of hydrogen-bond donors (Lipinski definition) is 2. The number of fused-ring (bicyclic) bond motifs is 3. The van der Waals surface area contributed by atoms with E-state index in [0.717, 1.165) is 41.9 Å². The molecule has 0 spiro atoms. The van der Waals surface area contributed by atoms with E-state index in [4.69, 9.17) is 10.8 Å². The molecule has 0 amide bonds. The van der Waals surface area contributed by atoms with Gasteiger partial charge in [0.2, 0.25) is 0 Å². The second-order valence-electron chi connectivity index (χ2n) is 7.22. The first kappa shape index (κ1) is 17.5. The fourth-order valence-electron chi connectivity index (χ4n) is 3.42. The van der Waals surface area contributed by atoms with Crippen LogP contribution in [-0.2, 0) is 6.54 Å². The topological polar surface area (TPSA) is 81.4 Å². The number of pyridine rings is 1. The fourth-order valence-corrected chi connectivity index (χ4v) is 3.42. The molecule has 1 aliphatic carbocycles. The van der Waals surface area contributed by atoms with Crippen LogP contribution in [0.2, 0.25) is 0 Å². The van der Waals surface area contributed by atoms with Crippen molar-refractivity contribution in [1.29, 1.82) is 0 Å². The summed E-state index contributed by atoms with van der Waals surface area (Å²) >= 11 is 0. The number of nitrogen functional groups attached to an aromatic ring is 1. The summed E-state index contributed by atoms with van der Waals surface area (Å²) in [5, 5.41) is 16.8. The lowest BCUT2D eigenvalue weighted by atomic mass is 9.97. The molecule has 0 unspecified atom stereocenters. The average molecular weight is 363 g/mol. The Balaban J connectivity index is 0.000000314. The molecule has 0 radical (unpaired) electrons.